The molecule has 2 N–H and O–H groups in total. The summed E-state index contributed by atoms with van der Waals surface area (Å²) in [4.78, 5) is 4.14. The van der Waals surface area contributed by atoms with Crippen LogP contribution >= 0.6 is 0 Å². The summed E-state index contributed by atoms with van der Waals surface area (Å²) in [5.41, 5.74) is 6.96. The van der Waals surface area contributed by atoms with Crippen LogP contribution in [0.1, 0.15) is 0 Å². The Bertz CT molecular complexity index is 798. The first-order chi connectivity index (χ1) is 9.61. The summed E-state index contributed by atoms with van der Waals surface area (Å²) in [6.07, 6.45) is 0. The number of fused-ring (bicyclic) bond motifs is 1. The summed E-state index contributed by atoms with van der Waals surface area (Å²) in [6.45, 7) is 0. The summed E-state index contributed by atoms with van der Waals surface area (Å²) in [5.74, 6) is -1.20. The lowest BCUT2D eigenvalue weighted by Crippen LogP contribution is -2.04. The van der Waals surface area contributed by atoms with Crippen LogP contribution in [-0.4, -0.2) is 16.7 Å². The maximum absolute atomic E-state index is 13.9. The Kier molecular flexibility index (Phi) is 2.78. The smallest absolute Gasteiger partial charge is 0.206 e. The predicted molar refractivity (Wildman–Crippen MR) is 72.0 cm³/mol. The molecule has 1 aromatic heterocycles. The molecule has 2 aromatic carbocycles. The van der Waals surface area contributed by atoms with Gasteiger partial charge in [0.15, 0.2) is 11.6 Å². The summed E-state index contributed by atoms with van der Waals surface area (Å²) in [5, 5.41) is 0. The first-order valence-corrected chi connectivity index (χ1v) is 5.88. The molecule has 0 saturated carbocycles. The molecular formula is C14H11F2N3O. The molecule has 0 saturated heterocycles. The molecule has 102 valence electrons. The largest absolute Gasteiger partial charge is 0.497 e. The zero-order valence-electron chi connectivity index (χ0n) is 10.6. The molecule has 0 aliphatic heterocycles. The lowest BCUT2D eigenvalue weighted by Gasteiger charge is -2.08. The Hall–Kier alpha value is -2.63. The van der Waals surface area contributed by atoms with Crippen LogP contribution in [0, 0.1) is 11.6 Å². The molecule has 1 heterocycles. The summed E-state index contributed by atoms with van der Waals surface area (Å²) >= 11 is 0. The monoisotopic (exact) mass is 275 g/mol. The third-order valence-electron chi connectivity index (χ3n) is 3.06. The number of ether oxygens (including phenoxy) is 1. The van der Waals surface area contributed by atoms with Gasteiger partial charge in [-0.05, 0) is 24.3 Å². The second kappa shape index (κ2) is 4.48. The normalized spacial score (nSPS) is 10.9. The Balaban J connectivity index is 2.31. The van der Waals surface area contributed by atoms with Crippen LogP contribution in [0.4, 0.5) is 14.7 Å². The van der Waals surface area contributed by atoms with Crippen molar-refractivity contribution in [2.45, 2.75) is 0 Å². The lowest BCUT2D eigenvalue weighted by molar-refractivity contribution is 0.415. The van der Waals surface area contributed by atoms with Gasteiger partial charge in [0.05, 0.1) is 23.8 Å². The van der Waals surface area contributed by atoms with Crippen LogP contribution in [0.25, 0.3) is 16.7 Å². The van der Waals surface area contributed by atoms with E-state index < -0.39 is 11.6 Å². The zero-order chi connectivity index (χ0) is 14.3. The number of nitrogens with two attached hydrogens (primary N) is 1. The molecule has 0 atom stereocenters. The number of rotatable bonds is 2. The minimum atomic E-state index is -0.964. The molecule has 6 heteroatoms. The van der Waals surface area contributed by atoms with Gasteiger partial charge in [0, 0.05) is 6.07 Å². The van der Waals surface area contributed by atoms with Gasteiger partial charge in [-0.15, -0.1) is 0 Å². The standard InChI is InChI=1S/C14H11F2N3O/c1-20-8-5-6-11-10(7-8)18-14(17)19(11)12-4-2-3-9(15)13(12)16/h2-7H,1H3,(H2,17,18). The van der Waals surface area contributed by atoms with Crippen molar-refractivity contribution in [1.82, 2.24) is 9.55 Å². The van der Waals surface area contributed by atoms with E-state index in [1.165, 1.54) is 23.8 Å². The van der Waals surface area contributed by atoms with Gasteiger partial charge < -0.3 is 10.5 Å². The average Bonchev–Trinajstić information content (AvgIpc) is 2.77. The molecule has 0 spiro atoms. The van der Waals surface area contributed by atoms with E-state index in [2.05, 4.69) is 4.98 Å². The SMILES string of the molecule is COc1ccc2c(c1)nc(N)n2-c1cccc(F)c1F. The van der Waals surface area contributed by atoms with Crippen molar-refractivity contribution >= 4 is 17.0 Å². The number of hydrogen-bond acceptors (Lipinski definition) is 3. The van der Waals surface area contributed by atoms with Crippen molar-refractivity contribution < 1.29 is 13.5 Å². The van der Waals surface area contributed by atoms with Gasteiger partial charge in [0.1, 0.15) is 5.75 Å². The van der Waals surface area contributed by atoms with E-state index in [4.69, 9.17) is 10.5 Å². The Labute approximate surface area is 113 Å². The maximum atomic E-state index is 13.9. The molecular weight excluding hydrogens is 264 g/mol. The summed E-state index contributed by atoms with van der Waals surface area (Å²) in [7, 11) is 1.54. The predicted octanol–water partition coefficient (Wildman–Crippen LogP) is 2.89. The number of anilines is 1. The van der Waals surface area contributed by atoms with E-state index in [1.807, 2.05) is 0 Å². The first kappa shape index (κ1) is 12.4. The molecule has 0 radical (unpaired) electrons. The highest BCUT2D eigenvalue weighted by Crippen LogP contribution is 2.28. The highest BCUT2D eigenvalue weighted by atomic mass is 19.2. The summed E-state index contributed by atoms with van der Waals surface area (Å²) in [6, 6.07) is 9.00. The van der Waals surface area contributed by atoms with Gasteiger partial charge in [-0.25, -0.2) is 13.8 Å². The number of nitrogens with zero attached hydrogens (tertiary/aromatic N) is 2. The van der Waals surface area contributed by atoms with Crippen molar-refractivity contribution in [3.63, 3.8) is 0 Å². The highest BCUT2D eigenvalue weighted by molar-refractivity contribution is 5.82. The lowest BCUT2D eigenvalue weighted by atomic mass is 10.2. The van der Waals surface area contributed by atoms with Gasteiger partial charge >= 0.3 is 0 Å². The Morgan fingerprint density at radius 1 is 1.20 bits per heavy atom. The molecule has 0 bridgehead atoms. The summed E-state index contributed by atoms with van der Waals surface area (Å²) < 4.78 is 33.7. The molecule has 20 heavy (non-hydrogen) atoms. The minimum absolute atomic E-state index is 0.0233. The van der Waals surface area contributed by atoms with E-state index in [-0.39, 0.29) is 11.6 Å². The highest BCUT2D eigenvalue weighted by Gasteiger charge is 2.16. The van der Waals surface area contributed by atoms with Gasteiger partial charge in [0.25, 0.3) is 0 Å². The van der Waals surface area contributed by atoms with E-state index >= 15 is 0 Å². The van der Waals surface area contributed by atoms with Gasteiger partial charge in [-0.3, -0.25) is 4.57 Å². The van der Waals surface area contributed by atoms with E-state index in [0.29, 0.717) is 16.8 Å². The Morgan fingerprint density at radius 3 is 2.75 bits per heavy atom. The quantitative estimate of drug-likeness (QED) is 0.782. The maximum Gasteiger partial charge on any atom is 0.206 e. The molecule has 0 aliphatic carbocycles. The van der Waals surface area contributed by atoms with Crippen LogP contribution in [0.2, 0.25) is 0 Å². The van der Waals surface area contributed by atoms with Crippen LogP contribution in [-0.2, 0) is 0 Å². The number of nitrogen functional groups attached to an aromatic ring is 1. The zero-order valence-corrected chi connectivity index (χ0v) is 10.6. The van der Waals surface area contributed by atoms with Crippen molar-refractivity contribution in [3.8, 4) is 11.4 Å². The first-order valence-electron chi connectivity index (χ1n) is 5.88. The third-order valence-corrected chi connectivity index (χ3v) is 3.06. The number of methoxy groups -OCH3 is 1. The molecule has 3 rings (SSSR count). The van der Waals surface area contributed by atoms with Gasteiger partial charge in [-0.2, -0.15) is 0 Å². The van der Waals surface area contributed by atoms with Gasteiger partial charge in [-0.1, -0.05) is 6.07 Å². The molecule has 0 fully saturated rings. The number of benzene rings is 2. The number of halogens is 2. The van der Waals surface area contributed by atoms with Crippen molar-refractivity contribution in [2.24, 2.45) is 0 Å². The van der Waals surface area contributed by atoms with Crippen molar-refractivity contribution in [3.05, 3.63) is 48.0 Å². The molecule has 0 amide bonds. The van der Waals surface area contributed by atoms with Crippen LogP contribution < -0.4 is 10.5 Å². The van der Waals surface area contributed by atoms with Crippen molar-refractivity contribution in [2.75, 3.05) is 12.8 Å². The van der Waals surface area contributed by atoms with Crippen LogP contribution in [0.5, 0.6) is 5.75 Å². The average molecular weight is 275 g/mol. The van der Waals surface area contributed by atoms with Crippen LogP contribution in [0.15, 0.2) is 36.4 Å². The second-order valence-corrected chi connectivity index (χ2v) is 4.23. The molecule has 0 aliphatic rings. The molecule has 0 unspecified atom stereocenters. The second-order valence-electron chi connectivity index (χ2n) is 4.23. The van der Waals surface area contributed by atoms with Crippen LogP contribution in [0.3, 0.4) is 0 Å². The fraction of sp³-hybridized carbons (Fsp3) is 0.0714. The van der Waals surface area contributed by atoms with E-state index in [1.54, 1.807) is 18.2 Å². The number of imidazole rings is 1. The Morgan fingerprint density at radius 2 is 2.00 bits per heavy atom. The van der Waals surface area contributed by atoms with E-state index in [0.717, 1.165) is 6.07 Å². The van der Waals surface area contributed by atoms with E-state index in [9.17, 15) is 8.78 Å². The fourth-order valence-corrected chi connectivity index (χ4v) is 2.12. The topological polar surface area (TPSA) is 53.1 Å². The third kappa shape index (κ3) is 1.77. The van der Waals surface area contributed by atoms with Gasteiger partial charge in [0.2, 0.25) is 5.95 Å². The molecule has 3 aromatic rings. The van der Waals surface area contributed by atoms with Crippen molar-refractivity contribution in [1.29, 1.82) is 0 Å². The number of hydrogen-bond donors (Lipinski definition) is 1. The number of aromatic nitrogens is 2. The minimum Gasteiger partial charge on any atom is -0.497 e. The fourth-order valence-electron chi connectivity index (χ4n) is 2.12. The molecule has 4 nitrogen and oxygen atoms in total.